The molecule has 1 aromatic carbocycles. The number of H-pyrrole nitrogens is 1. The Morgan fingerprint density at radius 2 is 1.91 bits per heavy atom. The van der Waals surface area contributed by atoms with Crippen LogP contribution in [0.25, 0.3) is 10.9 Å². The summed E-state index contributed by atoms with van der Waals surface area (Å²) in [5.74, 6) is 0.0782. The summed E-state index contributed by atoms with van der Waals surface area (Å²) < 4.78 is 0. The summed E-state index contributed by atoms with van der Waals surface area (Å²) in [5.41, 5.74) is 5.55. The number of nitrogens with one attached hydrogen (secondary N) is 1. The van der Waals surface area contributed by atoms with E-state index in [9.17, 15) is 0 Å². The standard InChI is InChI=1S/C19H16N4/c1-13-7-16(10-20-9-13)19(18-11-21-12-23-18)15-4-5-17-14(8-15)3-2-6-22-17/h2-12,19H,1H3,(H,21,23). The van der Waals surface area contributed by atoms with Gasteiger partial charge < -0.3 is 4.98 Å². The number of aromatic amines is 1. The van der Waals surface area contributed by atoms with Gasteiger partial charge in [-0.1, -0.05) is 18.2 Å². The van der Waals surface area contributed by atoms with Crippen LogP contribution in [0.2, 0.25) is 0 Å². The Bertz CT molecular complexity index is 944. The van der Waals surface area contributed by atoms with Gasteiger partial charge in [0.25, 0.3) is 0 Å². The highest BCUT2D eigenvalue weighted by Crippen LogP contribution is 2.32. The SMILES string of the molecule is Cc1cncc(C(c2ccc3ncccc3c2)c2cnc[nH]2)c1. The monoisotopic (exact) mass is 300 g/mol. The third-order valence-corrected chi connectivity index (χ3v) is 4.02. The molecule has 1 unspecified atom stereocenters. The van der Waals surface area contributed by atoms with E-state index in [4.69, 9.17) is 0 Å². The molecule has 112 valence electrons. The second-order valence-corrected chi connectivity index (χ2v) is 5.69. The smallest absolute Gasteiger partial charge is 0.0922 e. The van der Waals surface area contributed by atoms with Gasteiger partial charge in [0.05, 0.1) is 17.8 Å². The summed E-state index contributed by atoms with van der Waals surface area (Å²) in [5, 5.41) is 1.13. The van der Waals surface area contributed by atoms with Crippen molar-refractivity contribution < 1.29 is 0 Å². The summed E-state index contributed by atoms with van der Waals surface area (Å²) in [6.45, 7) is 2.06. The van der Waals surface area contributed by atoms with Gasteiger partial charge in [0.2, 0.25) is 0 Å². The minimum Gasteiger partial charge on any atom is -0.348 e. The van der Waals surface area contributed by atoms with Gasteiger partial charge in [-0.2, -0.15) is 0 Å². The molecule has 0 saturated carbocycles. The van der Waals surface area contributed by atoms with Crippen LogP contribution in [-0.2, 0) is 0 Å². The highest BCUT2D eigenvalue weighted by atomic mass is 14.9. The number of aryl methyl sites for hydroxylation is 1. The second kappa shape index (κ2) is 5.65. The topological polar surface area (TPSA) is 54.5 Å². The third-order valence-electron chi connectivity index (χ3n) is 4.02. The first-order valence-electron chi connectivity index (χ1n) is 7.56. The van der Waals surface area contributed by atoms with E-state index in [1.165, 1.54) is 5.56 Å². The first kappa shape index (κ1) is 13.6. The first-order valence-corrected chi connectivity index (χ1v) is 7.56. The van der Waals surface area contributed by atoms with Crippen molar-refractivity contribution in [3.05, 3.63) is 89.9 Å². The average Bonchev–Trinajstić information content (AvgIpc) is 3.09. The fraction of sp³-hybridized carbons (Fsp3) is 0.105. The van der Waals surface area contributed by atoms with E-state index >= 15 is 0 Å². The lowest BCUT2D eigenvalue weighted by molar-refractivity contribution is 0.921. The number of hydrogen-bond donors (Lipinski definition) is 1. The molecule has 3 aromatic heterocycles. The first-order chi connectivity index (χ1) is 11.3. The van der Waals surface area contributed by atoms with Crippen molar-refractivity contribution in [1.82, 2.24) is 19.9 Å². The van der Waals surface area contributed by atoms with Crippen molar-refractivity contribution in [2.45, 2.75) is 12.8 Å². The molecule has 4 nitrogen and oxygen atoms in total. The van der Waals surface area contributed by atoms with Crippen molar-refractivity contribution >= 4 is 10.9 Å². The zero-order chi connectivity index (χ0) is 15.6. The molecule has 0 saturated heterocycles. The van der Waals surface area contributed by atoms with E-state index < -0.39 is 0 Å². The van der Waals surface area contributed by atoms with Gasteiger partial charge >= 0.3 is 0 Å². The molecule has 23 heavy (non-hydrogen) atoms. The van der Waals surface area contributed by atoms with Crippen LogP contribution in [0, 0.1) is 6.92 Å². The number of imidazole rings is 1. The molecule has 0 amide bonds. The second-order valence-electron chi connectivity index (χ2n) is 5.69. The van der Waals surface area contributed by atoms with E-state index in [0.717, 1.165) is 27.7 Å². The summed E-state index contributed by atoms with van der Waals surface area (Å²) in [7, 11) is 0. The minimum absolute atomic E-state index is 0.0782. The lowest BCUT2D eigenvalue weighted by atomic mass is 9.88. The Kier molecular flexibility index (Phi) is 3.35. The number of aromatic nitrogens is 4. The molecule has 0 spiro atoms. The number of pyridine rings is 2. The van der Waals surface area contributed by atoms with Crippen molar-refractivity contribution in [3.63, 3.8) is 0 Å². The van der Waals surface area contributed by atoms with E-state index in [-0.39, 0.29) is 5.92 Å². The Balaban J connectivity index is 1.90. The van der Waals surface area contributed by atoms with Crippen LogP contribution in [0.15, 0.2) is 67.5 Å². The van der Waals surface area contributed by atoms with Gasteiger partial charge in [0.15, 0.2) is 0 Å². The maximum Gasteiger partial charge on any atom is 0.0922 e. The van der Waals surface area contributed by atoms with Crippen LogP contribution < -0.4 is 0 Å². The largest absolute Gasteiger partial charge is 0.348 e. The van der Waals surface area contributed by atoms with Crippen LogP contribution in [0.3, 0.4) is 0 Å². The molecule has 4 aromatic rings. The molecule has 0 bridgehead atoms. The molecule has 1 N–H and O–H groups in total. The van der Waals surface area contributed by atoms with Crippen molar-refractivity contribution in [2.24, 2.45) is 0 Å². The van der Waals surface area contributed by atoms with Crippen LogP contribution in [0.1, 0.15) is 28.3 Å². The van der Waals surface area contributed by atoms with Crippen LogP contribution in [0.4, 0.5) is 0 Å². The number of fused-ring (bicyclic) bond motifs is 1. The summed E-state index contributed by atoms with van der Waals surface area (Å²) in [6, 6.07) is 12.6. The Morgan fingerprint density at radius 1 is 0.957 bits per heavy atom. The molecule has 0 aliphatic carbocycles. The van der Waals surface area contributed by atoms with E-state index in [2.05, 4.69) is 57.2 Å². The van der Waals surface area contributed by atoms with Gasteiger partial charge in [0.1, 0.15) is 0 Å². The zero-order valence-corrected chi connectivity index (χ0v) is 12.8. The van der Waals surface area contributed by atoms with Gasteiger partial charge in [-0.05, 0) is 41.8 Å². The fourth-order valence-electron chi connectivity index (χ4n) is 2.99. The highest BCUT2D eigenvalue weighted by Gasteiger charge is 2.19. The molecular formula is C19H16N4. The van der Waals surface area contributed by atoms with Crippen LogP contribution in [0.5, 0.6) is 0 Å². The predicted molar refractivity (Wildman–Crippen MR) is 90.2 cm³/mol. The number of nitrogens with zero attached hydrogens (tertiary/aromatic N) is 3. The summed E-state index contributed by atoms with van der Waals surface area (Å²) in [6.07, 6.45) is 9.21. The molecule has 1 atom stereocenters. The number of rotatable bonds is 3. The molecular weight excluding hydrogens is 284 g/mol. The molecule has 0 fully saturated rings. The van der Waals surface area contributed by atoms with E-state index in [1.807, 2.05) is 30.9 Å². The molecule has 0 radical (unpaired) electrons. The molecule has 0 aliphatic rings. The maximum atomic E-state index is 4.40. The van der Waals surface area contributed by atoms with Gasteiger partial charge in [-0.3, -0.25) is 9.97 Å². The highest BCUT2D eigenvalue weighted by molar-refractivity contribution is 5.79. The third kappa shape index (κ3) is 2.59. The normalized spacial score (nSPS) is 12.4. The molecule has 3 heterocycles. The predicted octanol–water partition coefficient (Wildman–Crippen LogP) is 3.84. The quantitative estimate of drug-likeness (QED) is 0.625. The lowest BCUT2D eigenvalue weighted by Gasteiger charge is -2.17. The van der Waals surface area contributed by atoms with Crippen LogP contribution >= 0.6 is 0 Å². The number of hydrogen-bond acceptors (Lipinski definition) is 3. The van der Waals surface area contributed by atoms with E-state index in [0.29, 0.717) is 0 Å². The maximum absolute atomic E-state index is 4.40. The fourth-order valence-corrected chi connectivity index (χ4v) is 2.99. The Morgan fingerprint density at radius 3 is 2.74 bits per heavy atom. The molecule has 0 aliphatic heterocycles. The van der Waals surface area contributed by atoms with Crippen molar-refractivity contribution in [2.75, 3.05) is 0 Å². The summed E-state index contributed by atoms with van der Waals surface area (Å²) >= 11 is 0. The lowest BCUT2D eigenvalue weighted by Crippen LogP contribution is -2.05. The Hall–Kier alpha value is -3.01. The average molecular weight is 300 g/mol. The molecule has 4 heteroatoms. The minimum atomic E-state index is 0.0782. The molecule has 4 rings (SSSR count). The number of benzene rings is 1. The zero-order valence-electron chi connectivity index (χ0n) is 12.8. The van der Waals surface area contributed by atoms with Gasteiger partial charge in [0, 0.05) is 35.9 Å². The van der Waals surface area contributed by atoms with Crippen molar-refractivity contribution in [3.8, 4) is 0 Å². The Labute approximate surface area is 134 Å². The van der Waals surface area contributed by atoms with E-state index in [1.54, 1.807) is 6.33 Å². The van der Waals surface area contributed by atoms with Gasteiger partial charge in [-0.25, -0.2) is 4.98 Å². The summed E-state index contributed by atoms with van der Waals surface area (Å²) in [4.78, 5) is 16.2. The van der Waals surface area contributed by atoms with Crippen molar-refractivity contribution in [1.29, 1.82) is 0 Å². The van der Waals surface area contributed by atoms with Crippen LogP contribution in [-0.4, -0.2) is 19.9 Å². The van der Waals surface area contributed by atoms with Gasteiger partial charge in [-0.15, -0.1) is 0 Å².